The summed E-state index contributed by atoms with van der Waals surface area (Å²) in [4.78, 5) is 35.5. The quantitative estimate of drug-likeness (QED) is 0.588. The third-order valence-corrected chi connectivity index (χ3v) is 2.76. The normalized spacial score (nSPS) is 14.1. The van der Waals surface area contributed by atoms with Gasteiger partial charge in [0.05, 0.1) is 27.3 Å². The fraction of sp³-hybridized carbons (Fsp3) is 0.750. The molecule has 7 nitrogen and oxygen atoms in total. The van der Waals surface area contributed by atoms with Gasteiger partial charge in [-0.1, -0.05) is 0 Å². The van der Waals surface area contributed by atoms with Crippen LogP contribution in [0, 0.1) is 0 Å². The molecule has 1 saturated carbocycles. The molecule has 0 heterocycles. The summed E-state index contributed by atoms with van der Waals surface area (Å²) in [5, 5.41) is 2.85. The maximum Gasteiger partial charge on any atom is 0.319 e. The molecule has 0 bridgehead atoms. The highest BCUT2D eigenvalue weighted by Crippen LogP contribution is 2.18. The van der Waals surface area contributed by atoms with Crippen LogP contribution in [0.1, 0.15) is 19.3 Å². The van der Waals surface area contributed by atoms with Crippen LogP contribution in [0.25, 0.3) is 0 Å². The average molecular weight is 272 g/mol. The second-order valence-corrected chi connectivity index (χ2v) is 4.45. The minimum atomic E-state index is -0.452. The smallest absolute Gasteiger partial charge is 0.319 e. The van der Waals surface area contributed by atoms with E-state index in [1.807, 2.05) is 0 Å². The van der Waals surface area contributed by atoms with E-state index in [1.165, 1.54) is 19.1 Å². The van der Waals surface area contributed by atoms with E-state index in [4.69, 9.17) is 0 Å². The van der Waals surface area contributed by atoms with Crippen LogP contribution in [0.3, 0.4) is 0 Å². The minimum Gasteiger partial charge on any atom is -0.468 e. The first-order valence-electron chi connectivity index (χ1n) is 6.20. The van der Waals surface area contributed by atoms with Crippen LogP contribution in [-0.2, 0) is 23.9 Å². The molecule has 19 heavy (non-hydrogen) atoms. The predicted molar refractivity (Wildman–Crippen MR) is 66.3 cm³/mol. The van der Waals surface area contributed by atoms with Gasteiger partial charge in [0.15, 0.2) is 0 Å². The summed E-state index contributed by atoms with van der Waals surface area (Å²) >= 11 is 0. The standard InChI is InChI=1S/C12H20N2O5/c1-18-11(16)7-14(8-12(17)19-2)6-5-10(15)13-9-3-4-9/h9H,3-8H2,1-2H3,(H,13,15). The van der Waals surface area contributed by atoms with Crippen molar-refractivity contribution in [3.05, 3.63) is 0 Å². The van der Waals surface area contributed by atoms with Gasteiger partial charge in [-0.3, -0.25) is 19.3 Å². The topological polar surface area (TPSA) is 84.9 Å². The molecule has 0 aromatic carbocycles. The van der Waals surface area contributed by atoms with Gasteiger partial charge in [-0.15, -0.1) is 0 Å². The van der Waals surface area contributed by atoms with Crippen LogP contribution in [-0.4, -0.2) is 62.6 Å². The number of carbonyl (C=O) groups excluding carboxylic acids is 3. The summed E-state index contributed by atoms with van der Waals surface area (Å²) in [6.45, 7) is 0.230. The first-order chi connectivity index (χ1) is 9.05. The van der Waals surface area contributed by atoms with Crippen molar-refractivity contribution in [2.75, 3.05) is 33.9 Å². The zero-order chi connectivity index (χ0) is 14.3. The van der Waals surface area contributed by atoms with Crippen molar-refractivity contribution in [3.8, 4) is 0 Å². The van der Waals surface area contributed by atoms with Crippen molar-refractivity contribution in [2.45, 2.75) is 25.3 Å². The molecular formula is C12H20N2O5. The first kappa shape index (κ1) is 15.4. The maximum absolute atomic E-state index is 11.5. The lowest BCUT2D eigenvalue weighted by Crippen LogP contribution is -2.38. The molecule has 0 radical (unpaired) electrons. The van der Waals surface area contributed by atoms with E-state index in [2.05, 4.69) is 14.8 Å². The van der Waals surface area contributed by atoms with Gasteiger partial charge in [0.25, 0.3) is 0 Å². The highest BCUT2D eigenvalue weighted by molar-refractivity contribution is 5.77. The molecule has 0 aliphatic heterocycles. The average Bonchev–Trinajstić information content (AvgIpc) is 3.19. The second-order valence-electron chi connectivity index (χ2n) is 4.45. The first-order valence-corrected chi connectivity index (χ1v) is 6.20. The summed E-state index contributed by atoms with van der Waals surface area (Å²) < 4.78 is 9.09. The number of nitrogens with zero attached hydrogens (tertiary/aromatic N) is 1. The van der Waals surface area contributed by atoms with E-state index < -0.39 is 11.9 Å². The van der Waals surface area contributed by atoms with Gasteiger partial charge >= 0.3 is 11.9 Å². The molecule has 0 atom stereocenters. The van der Waals surface area contributed by atoms with Gasteiger partial charge in [-0.25, -0.2) is 0 Å². The number of methoxy groups -OCH3 is 2. The number of rotatable bonds is 8. The van der Waals surface area contributed by atoms with Crippen LogP contribution >= 0.6 is 0 Å². The molecule has 1 aliphatic rings. The molecule has 0 aromatic rings. The lowest BCUT2D eigenvalue weighted by atomic mass is 10.3. The molecule has 1 fully saturated rings. The van der Waals surface area contributed by atoms with Crippen molar-refractivity contribution in [2.24, 2.45) is 0 Å². The summed E-state index contributed by atoms with van der Waals surface area (Å²) in [7, 11) is 2.55. The van der Waals surface area contributed by atoms with Crippen molar-refractivity contribution in [1.29, 1.82) is 0 Å². The molecule has 1 amide bonds. The van der Waals surface area contributed by atoms with Gasteiger partial charge in [-0.05, 0) is 12.8 Å². The molecule has 1 rings (SSSR count). The molecular weight excluding hydrogens is 252 g/mol. The number of amides is 1. The molecule has 0 saturated heterocycles. The number of nitrogens with one attached hydrogen (secondary N) is 1. The van der Waals surface area contributed by atoms with E-state index >= 15 is 0 Å². The number of ether oxygens (including phenoxy) is 2. The maximum atomic E-state index is 11.5. The van der Waals surface area contributed by atoms with E-state index in [0.29, 0.717) is 12.6 Å². The summed E-state index contributed by atoms with van der Waals surface area (Å²) in [5.74, 6) is -0.972. The molecule has 0 unspecified atom stereocenters. The lowest BCUT2D eigenvalue weighted by Gasteiger charge is -2.19. The van der Waals surface area contributed by atoms with Gasteiger partial charge < -0.3 is 14.8 Å². The second kappa shape index (κ2) is 7.73. The molecule has 1 aliphatic carbocycles. The van der Waals surface area contributed by atoms with Gasteiger partial charge in [0.1, 0.15) is 0 Å². The van der Waals surface area contributed by atoms with Crippen molar-refractivity contribution in [3.63, 3.8) is 0 Å². The number of carbonyl (C=O) groups is 3. The van der Waals surface area contributed by atoms with E-state index in [9.17, 15) is 14.4 Å². The van der Waals surface area contributed by atoms with Crippen LogP contribution in [0.5, 0.6) is 0 Å². The molecule has 108 valence electrons. The fourth-order valence-corrected chi connectivity index (χ4v) is 1.50. The van der Waals surface area contributed by atoms with Gasteiger partial charge in [0.2, 0.25) is 5.91 Å². The Morgan fingerprint density at radius 3 is 2.05 bits per heavy atom. The summed E-state index contributed by atoms with van der Waals surface area (Å²) in [6.07, 6.45) is 2.30. The van der Waals surface area contributed by atoms with Crippen LogP contribution in [0.4, 0.5) is 0 Å². The fourth-order valence-electron chi connectivity index (χ4n) is 1.50. The Morgan fingerprint density at radius 1 is 1.11 bits per heavy atom. The summed E-state index contributed by atoms with van der Waals surface area (Å²) in [6, 6.07) is 0.308. The van der Waals surface area contributed by atoms with Crippen LogP contribution < -0.4 is 5.32 Å². The van der Waals surface area contributed by atoms with Crippen LogP contribution in [0.15, 0.2) is 0 Å². The SMILES string of the molecule is COC(=O)CN(CCC(=O)NC1CC1)CC(=O)OC. The Morgan fingerprint density at radius 2 is 1.63 bits per heavy atom. The van der Waals surface area contributed by atoms with E-state index in [-0.39, 0.29) is 25.4 Å². The highest BCUT2D eigenvalue weighted by Gasteiger charge is 2.23. The third kappa shape index (κ3) is 6.76. The Hall–Kier alpha value is -1.63. The van der Waals surface area contributed by atoms with Gasteiger partial charge in [-0.2, -0.15) is 0 Å². The van der Waals surface area contributed by atoms with Crippen molar-refractivity contribution in [1.82, 2.24) is 10.2 Å². The van der Waals surface area contributed by atoms with E-state index in [0.717, 1.165) is 12.8 Å². The number of esters is 2. The zero-order valence-electron chi connectivity index (χ0n) is 11.3. The Labute approximate surface area is 112 Å². The zero-order valence-corrected chi connectivity index (χ0v) is 11.3. The summed E-state index contributed by atoms with van der Waals surface area (Å²) in [5.41, 5.74) is 0. The highest BCUT2D eigenvalue weighted by atomic mass is 16.5. The molecule has 0 spiro atoms. The predicted octanol–water partition coefficient (Wildman–Crippen LogP) is -0.697. The largest absolute Gasteiger partial charge is 0.468 e. The molecule has 1 N–H and O–H groups in total. The number of hydrogen-bond acceptors (Lipinski definition) is 6. The van der Waals surface area contributed by atoms with Crippen molar-refractivity contribution >= 4 is 17.8 Å². The van der Waals surface area contributed by atoms with E-state index in [1.54, 1.807) is 0 Å². The lowest BCUT2D eigenvalue weighted by molar-refractivity contribution is -0.146. The minimum absolute atomic E-state index is 0.0394. The monoisotopic (exact) mass is 272 g/mol. The Bertz CT molecular complexity index is 323. The number of hydrogen-bond donors (Lipinski definition) is 1. The van der Waals surface area contributed by atoms with Gasteiger partial charge in [0, 0.05) is 19.0 Å². The Balaban J connectivity index is 2.35. The third-order valence-electron chi connectivity index (χ3n) is 2.76. The molecule has 0 aromatic heterocycles. The van der Waals surface area contributed by atoms with Crippen molar-refractivity contribution < 1.29 is 23.9 Å². The van der Waals surface area contributed by atoms with Crippen LogP contribution in [0.2, 0.25) is 0 Å². The Kier molecular flexibility index (Phi) is 6.27. The molecule has 7 heteroatoms.